The molecule has 23 heavy (non-hydrogen) atoms. The van der Waals surface area contributed by atoms with Crippen molar-refractivity contribution < 1.29 is 14.6 Å². The Labute approximate surface area is 136 Å². The number of halogens is 1. The third-order valence-corrected chi connectivity index (χ3v) is 3.77. The lowest BCUT2D eigenvalue weighted by Crippen LogP contribution is -2.56. The van der Waals surface area contributed by atoms with Crippen LogP contribution in [0.2, 0.25) is 0 Å². The minimum absolute atomic E-state index is 0.247. The van der Waals surface area contributed by atoms with Gasteiger partial charge in [0.1, 0.15) is 9.85 Å². The van der Waals surface area contributed by atoms with E-state index < -0.39 is 27.8 Å². The van der Waals surface area contributed by atoms with Crippen molar-refractivity contribution in [2.24, 2.45) is 9.98 Å². The van der Waals surface area contributed by atoms with Gasteiger partial charge in [-0.15, -0.1) is 0 Å². The zero-order valence-electron chi connectivity index (χ0n) is 12.5. The number of rotatable bonds is 4. The Hall–Kier alpha value is -2.05. The molecular formula is C10H16ClN7O5. The molecule has 0 amide bonds. The first-order chi connectivity index (χ1) is 10.8. The van der Waals surface area contributed by atoms with Crippen molar-refractivity contribution in [1.82, 2.24) is 14.7 Å². The third-order valence-electron chi connectivity index (χ3n) is 3.49. The Morgan fingerprint density at radius 3 is 2.30 bits per heavy atom. The Morgan fingerprint density at radius 1 is 1.26 bits per heavy atom. The van der Waals surface area contributed by atoms with Crippen LogP contribution in [0.5, 0.6) is 0 Å². The number of nitro groups is 2. The van der Waals surface area contributed by atoms with Crippen LogP contribution in [0.3, 0.4) is 0 Å². The highest BCUT2D eigenvalue weighted by atomic mass is 35.5. The summed E-state index contributed by atoms with van der Waals surface area (Å²) in [5.74, 6) is 0.247. The van der Waals surface area contributed by atoms with Crippen LogP contribution < -0.4 is 0 Å². The molecule has 0 aliphatic carbocycles. The van der Waals surface area contributed by atoms with Crippen LogP contribution in [0.4, 0.5) is 0 Å². The van der Waals surface area contributed by atoms with E-state index in [9.17, 15) is 20.2 Å². The predicted octanol–water partition coefficient (Wildman–Crippen LogP) is -0.733. The fourth-order valence-electron chi connectivity index (χ4n) is 2.24. The van der Waals surface area contributed by atoms with Gasteiger partial charge >= 0.3 is 6.29 Å². The first-order valence-corrected chi connectivity index (χ1v) is 7.06. The van der Waals surface area contributed by atoms with Gasteiger partial charge in [-0.05, 0) is 18.6 Å². The lowest BCUT2D eigenvalue weighted by molar-refractivity contribution is -0.767. The second kappa shape index (κ2) is 7.02. The number of piperazine rings is 1. The molecule has 0 aromatic heterocycles. The van der Waals surface area contributed by atoms with Crippen molar-refractivity contribution in [2.45, 2.75) is 12.6 Å². The highest BCUT2D eigenvalue weighted by molar-refractivity contribution is 6.65. The lowest BCUT2D eigenvalue weighted by Gasteiger charge is -2.36. The third kappa shape index (κ3) is 3.65. The van der Waals surface area contributed by atoms with Gasteiger partial charge in [-0.25, -0.2) is 0 Å². The van der Waals surface area contributed by atoms with Crippen molar-refractivity contribution in [3.63, 3.8) is 0 Å². The van der Waals surface area contributed by atoms with E-state index in [0.717, 1.165) is 13.1 Å². The number of ether oxygens (including phenoxy) is 1. The van der Waals surface area contributed by atoms with Gasteiger partial charge in [0.15, 0.2) is 0 Å². The number of methoxy groups -OCH3 is 1. The van der Waals surface area contributed by atoms with Crippen LogP contribution in [-0.4, -0.2) is 88.8 Å². The molecule has 0 N–H and O–H groups in total. The molecule has 0 aromatic carbocycles. The summed E-state index contributed by atoms with van der Waals surface area (Å²) in [6.45, 7) is 2.88. The van der Waals surface area contributed by atoms with Crippen molar-refractivity contribution >= 4 is 22.9 Å². The number of nitrogens with zero attached hydrogens (tertiary/aromatic N) is 7. The van der Waals surface area contributed by atoms with E-state index in [2.05, 4.69) is 14.9 Å². The van der Waals surface area contributed by atoms with E-state index in [4.69, 9.17) is 16.3 Å². The van der Waals surface area contributed by atoms with Crippen molar-refractivity contribution in [1.29, 1.82) is 0 Å². The molecule has 1 fully saturated rings. The molecule has 0 bridgehead atoms. The minimum Gasteiger partial charge on any atom is -0.342 e. The molecule has 1 atom stereocenters. The summed E-state index contributed by atoms with van der Waals surface area (Å²) < 4.78 is 5.02. The molecule has 13 heteroatoms. The maximum atomic E-state index is 11.0. The number of amidine groups is 1. The quantitative estimate of drug-likeness (QED) is 0.281. The molecule has 128 valence electrons. The second-order valence-corrected chi connectivity index (χ2v) is 5.32. The standard InChI is InChI=1S/C10H16ClN7O5/c1-14-3-5-15(6-4-14)8-12-7(11)16(9(13-8)23-2)10(17(19)20)18(21)22/h9-10H,3-6H2,1-2H3. The average molecular weight is 350 g/mol. The Morgan fingerprint density at radius 2 is 1.83 bits per heavy atom. The van der Waals surface area contributed by atoms with Crippen LogP contribution in [0.15, 0.2) is 9.98 Å². The summed E-state index contributed by atoms with van der Waals surface area (Å²) in [6.07, 6.45) is -3.62. The summed E-state index contributed by atoms with van der Waals surface area (Å²) >= 11 is 5.95. The highest BCUT2D eigenvalue weighted by Crippen LogP contribution is 2.19. The Kier molecular flexibility index (Phi) is 5.28. The molecule has 12 nitrogen and oxygen atoms in total. The van der Waals surface area contributed by atoms with Gasteiger partial charge in [0, 0.05) is 33.3 Å². The van der Waals surface area contributed by atoms with Gasteiger partial charge in [0.25, 0.3) is 0 Å². The van der Waals surface area contributed by atoms with E-state index in [-0.39, 0.29) is 5.96 Å². The molecule has 1 saturated heterocycles. The van der Waals surface area contributed by atoms with Crippen LogP contribution in [0.1, 0.15) is 0 Å². The van der Waals surface area contributed by atoms with E-state index >= 15 is 0 Å². The summed E-state index contributed by atoms with van der Waals surface area (Å²) in [6, 6.07) is 0. The van der Waals surface area contributed by atoms with E-state index in [1.165, 1.54) is 7.11 Å². The number of guanidine groups is 1. The first-order valence-electron chi connectivity index (χ1n) is 6.68. The number of likely N-dealkylation sites (N-methyl/N-ethyl adjacent to an activating group) is 1. The fraction of sp³-hybridized carbons (Fsp3) is 0.800. The molecule has 0 spiro atoms. The largest absolute Gasteiger partial charge is 0.541 e. The Bertz CT molecular complexity index is 534. The number of hydrogen-bond donors (Lipinski definition) is 0. The molecule has 2 aliphatic rings. The highest BCUT2D eigenvalue weighted by Gasteiger charge is 2.48. The molecule has 1 unspecified atom stereocenters. The Balaban J connectivity index is 2.25. The predicted molar refractivity (Wildman–Crippen MR) is 80.2 cm³/mol. The maximum absolute atomic E-state index is 11.0. The zero-order valence-corrected chi connectivity index (χ0v) is 13.3. The van der Waals surface area contributed by atoms with Gasteiger partial charge < -0.3 is 14.5 Å². The van der Waals surface area contributed by atoms with Gasteiger partial charge in [-0.1, -0.05) is 0 Å². The zero-order chi connectivity index (χ0) is 17.1. The molecule has 2 heterocycles. The maximum Gasteiger partial charge on any atom is 0.541 e. The second-order valence-electron chi connectivity index (χ2n) is 4.99. The minimum atomic E-state index is -2.33. The molecular weight excluding hydrogens is 334 g/mol. The first kappa shape index (κ1) is 17.3. The summed E-state index contributed by atoms with van der Waals surface area (Å²) in [4.78, 5) is 32.4. The summed E-state index contributed by atoms with van der Waals surface area (Å²) in [7, 11) is 3.21. The molecule has 0 aromatic rings. The summed E-state index contributed by atoms with van der Waals surface area (Å²) in [5.41, 5.74) is 0. The smallest absolute Gasteiger partial charge is 0.342 e. The van der Waals surface area contributed by atoms with Crippen molar-refractivity contribution in [3.8, 4) is 0 Å². The topological polar surface area (TPSA) is 130 Å². The van der Waals surface area contributed by atoms with E-state index in [1.807, 2.05) is 11.9 Å². The van der Waals surface area contributed by atoms with Crippen molar-refractivity contribution in [2.75, 3.05) is 40.3 Å². The van der Waals surface area contributed by atoms with Crippen molar-refractivity contribution in [3.05, 3.63) is 20.2 Å². The van der Waals surface area contributed by atoms with Gasteiger partial charge in [0.05, 0.1) is 0 Å². The number of aliphatic imine (C=N–C) groups is 2. The lowest BCUT2D eigenvalue weighted by atomic mass is 10.3. The molecule has 0 saturated carbocycles. The van der Waals surface area contributed by atoms with Crippen LogP contribution in [0.25, 0.3) is 0 Å². The SMILES string of the molecule is COC1N=C(N2CCN(C)CC2)N=C(Cl)N1C([N+](=O)[O-])[N+](=O)[O-]. The molecule has 2 aliphatic heterocycles. The fourth-order valence-corrected chi connectivity index (χ4v) is 2.48. The summed E-state index contributed by atoms with van der Waals surface area (Å²) in [5, 5.41) is 21.5. The number of hydrogen-bond acceptors (Lipinski definition) is 10. The average Bonchev–Trinajstić information content (AvgIpc) is 2.49. The van der Waals surface area contributed by atoms with Crippen LogP contribution >= 0.6 is 11.6 Å². The monoisotopic (exact) mass is 349 g/mol. The van der Waals surface area contributed by atoms with Gasteiger partial charge in [-0.2, -0.15) is 14.9 Å². The van der Waals surface area contributed by atoms with E-state index in [0.29, 0.717) is 18.0 Å². The van der Waals surface area contributed by atoms with Gasteiger partial charge in [-0.3, -0.25) is 20.2 Å². The normalized spacial score (nSPS) is 22.9. The molecule has 2 rings (SSSR count). The van der Waals surface area contributed by atoms with Gasteiger partial charge in [0.2, 0.25) is 17.6 Å². The van der Waals surface area contributed by atoms with Crippen LogP contribution in [-0.2, 0) is 4.74 Å². The molecule has 0 radical (unpaired) electrons. The van der Waals surface area contributed by atoms with E-state index in [1.54, 1.807) is 0 Å². The van der Waals surface area contributed by atoms with Crippen LogP contribution in [0, 0.1) is 20.2 Å².